The van der Waals surface area contributed by atoms with Crippen LogP contribution in [-0.2, 0) is 9.59 Å². The quantitative estimate of drug-likeness (QED) is 0.701. The van der Waals surface area contributed by atoms with Crippen molar-refractivity contribution in [2.75, 3.05) is 38.7 Å². The first-order valence-corrected chi connectivity index (χ1v) is 7.53. The maximum atomic E-state index is 11.6. The highest BCUT2D eigenvalue weighted by Gasteiger charge is 2.16. The molecule has 0 aromatic heterocycles. The van der Waals surface area contributed by atoms with Crippen molar-refractivity contribution >= 4 is 36.0 Å². The highest BCUT2D eigenvalue weighted by Crippen LogP contribution is 2.09. The SMILES string of the molecule is CN(C)C(=O)CCCNC(=O)CC1CSCCN1.Cl. The number of carbonyl (C=O) groups excluding carboxylic acids is 2. The minimum absolute atomic E-state index is 0. The van der Waals surface area contributed by atoms with Gasteiger partial charge in [0, 0.05) is 57.6 Å². The van der Waals surface area contributed by atoms with Crippen molar-refractivity contribution in [1.29, 1.82) is 0 Å². The van der Waals surface area contributed by atoms with E-state index in [1.165, 1.54) is 0 Å². The van der Waals surface area contributed by atoms with E-state index < -0.39 is 0 Å². The molecule has 0 radical (unpaired) electrons. The monoisotopic (exact) mass is 309 g/mol. The van der Waals surface area contributed by atoms with Crippen LogP contribution in [-0.4, -0.2) is 61.4 Å². The second kappa shape index (κ2) is 10.3. The average molecular weight is 310 g/mol. The van der Waals surface area contributed by atoms with Crippen LogP contribution in [0.5, 0.6) is 0 Å². The Bertz CT molecular complexity index is 284. The van der Waals surface area contributed by atoms with E-state index in [0.717, 1.165) is 18.1 Å². The van der Waals surface area contributed by atoms with Crippen LogP contribution in [0.25, 0.3) is 0 Å². The molecule has 0 spiro atoms. The Hall–Kier alpha value is -0.460. The van der Waals surface area contributed by atoms with Gasteiger partial charge in [-0.25, -0.2) is 0 Å². The first-order valence-electron chi connectivity index (χ1n) is 6.37. The first kappa shape index (κ1) is 18.5. The van der Waals surface area contributed by atoms with Crippen LogP contribution in [0, 0.1) is 0 Å². The second-order valence-electron chi connectivity index (χ2n) is 4.67. The van der Waals surface area contributed by atoms with Gasteiger partial charge >= 0.3 is 0 Å². The minimum Gasteiger partial charge on any atom is -0.356 e. The molecule has 0 aromatic carbocycles. The minimum atomic E-state index is 0. The molecule has 1 heterocycles. The molecule has 1 aliphatic rings. The fraction of sp³-hybridized carbons (Fsp3) is 0.833. The van der Waals surface area contributed by atoms with Gasteiger partial charge in [-0.2, -0.15) is 11.8 Å². The fourth-order valence-electron chi connectivity index (χ4n) is 1.74. The number of carbonyl (C=O) groups is 2. The predicted octanol–water partition coefficient (Wildman–Crippen LogP) is 0.488. The maximum Gasteiger partial charge on any atom is 0.222 e. The summed E-state index contributed by atoms with van der Waals surface area (Å²) in [4.78, 5) is 24.5. The lowest BCUT2D eigenvalue weighted by molar-refractivity contribution is -0.129. The third-order valence-corrected chi connectivity index (χ3v) is 3.95. The van der Waals surface area contributed by atoms with Crippen LogP contribution >= 0.6 is 24.2 Å². The molecule has 0 aromatic rings. The predicted molar refractivity (Wildman–Crippen MR) is 81.9 cm³/mol. The van der Waals surface area contributed by atoms with Crippen molar-refractivity contribution in [2.45, 2.75) is 25.3 Å². The second-order valence-corrected chi connectivity index (χ2v) is 5.82. The molecule has 0 bridgehead atoms. The zero-order valence-corrected chi connectivity index (χ0v) is 13.2. The number of nitrogens with zero attached hydrogens (tertiary/aromatic N) is 1. The molecule has 0 aliphatic carbocycles. The first-order chi connectivity index (χ1) is 8.59. The maximum absolute atomic E-state index is 11.6. The Morgan fingerprint density at radius 2 is 2.16 bits per heavy atom. The zero-order valence-electron chi connectivity index (χ0n) is 11.6. The van der Waals surface area contributed by atoms with Crippen molar-refractivity contribution in [2.24, 2.45) is 0 Å². The molecular weight excluding hydrogens is 286 g/mol. The smallest absolute Gasteiger partial charge is 0.222 e. The van der Waals surface area contributed by atoms with Gasteiger partial charge in [-0.1, -0.05) is 0 Å². The number of hydrogen-bond donors (Lipinski definition) is 2. The summed E-state index contributed by atoms with van der Waals surface area (Å²) in [5.41, 5.74) is 0. The number of amides is 2. The molecule has 1 rings (SSSR count). The summed E-state index contributed by atoms with van der Waals surface area (Å²) in [5.74, 6) is 2.32. The van der Waals surface area contributed by atoms with Crippen molar-refractivity contribution in [3.8, 4) is 0 Å². The average Bonchev–Trinajstić information content (AvgIpc) is 2.35. The lowest BCUT2D eigenvalue weighted by atomic mass is 10.2. The number of hydrogen-bond acceptors (Lipinski definition) is 4. The number of thioether (sulfide) groups is 1. The van der Waals surface area contributed by atoms with E-state index in [2.05, 4.69) is 10.6 Å². The van der Waals surface area contributed by atoms with Gasteiger partial charge in [-0.15, -0.1) is 12.4 Å². The topological polar surface area (TPSA) is 61.4 Å². The van der Waals surface area contributed by atoms with Crippen LogP contribution in [0.3, 0.4) is 0 Å². The molecule has 1 saturated heterocycles. The molecule has 1 aliphatic heterocycles. The fourth-order valence-corrected chi connectivity index (χ4v) is 2.69. The Morgan fingerprint density at radius 1 is 1.42 bits per heavy atom. The largest absolute Gasteiger partial charge is 0.356 e. The molecular formula is C12H24ClN3O2S. The number of nitrogens with one attached hydrogen (secondary N) is 2. The molecule has 1 atom stereocenters. The van der Waals surface area contributed by atoms with Crippen LogP contribution in [0.15, 0.2) is 0 Å². The highest BCUT2D eigenvalue weighted by atomic mass is 35.5. The van der Waals surface area contributed by atoms with E-state index in [0.29, 0.717) is 31.8 Å². The van der Waals surface area contributed by atoms with E-state index in [-0.39, 0.29) is 24.2 Å². The molecule has 1 unspecified atom stereocenters. The third-order valence-electron chi connectivity index (χ3n) is 2.82. The van der Waals surface area contributed by atoms with Gasteiger partial charge in [0.15, 0.2) is 0 Å². The molecule has 7 heteroatoms. The third kappa shape index (κ3) is 8.34. The molecule has 112 valence electrons. The summed E-state index contributed by atoms with van der Waals surface area (Å²) >= 11 is 1.89. The summed E-state index contributed by atoms with van der Waals surface area (Å²) < 4.78 is 0. The standard InChI is InChI=1S/C12H23N3O2S.ClH/c1-15(2)12(17)4-3-5-14-11(16)8-10-9-18-7-6-13-10;/h10,13H,3-9H2,1-2H3,(H,14,16);1H. The molecule has 2 amide bonds. The van der Waals surface area contributed by atoms with Gasteiger partial charge in [0.1, 0.15) is 0 Å². The number of rotatable bonds is 6. The number of halogens is 1. The van der Waals surface area contributed by atoms with E-state index in [1.807, 2.05) is 11.8 Å². The Kier molecular flexibility index (Phi) is 10.1. The summed E-state index contributed by atoms with van der Waals surface area (Å²) in [6, 6.07) is 0.298. The van der Waals surface area contributed by atoms with Gasteiger partial charge in [0.05, 0.1) is 0 Å². The van der Waals surface area contributed by atoms with Crippen LogP contribution in [0.2, 0.25) is 0 Å². The Balaban J connectivity index is 0.00000324. The van der Waals surface area contributed by atoms with Crippen LogP contribution in [0.4, 0.5) is 0 Å². The highest BCUT2D eigenvalue weighted by molar-refractivity contribution is 7.99. The van der Waals surface area contributed by atoms with Crippen LogP contribution < -0.4 is 10.6 Å². The summed E-state index contributed by atoms with van der Waals surface area (Å²) in [6.45, 7) is 1.57. The van der Waals surface area contributed by atoms with Gasteiger partial charge in [-0.3, -0.25) is 9.59 Å². The van der Waals surface area contributed by atoms with Gasteiger partial charge in [0.25, 0.3) is 0 Å². The van der Waals surface area contributed by atoms with E-state index in [1.54, 1.807) is 19.0 Å². The molecule has 0 saturated carbocycles. The lowest BCUT2D eigenvalue weighted by Crippen LogP contribution is -2.41. The Morgan fingerprint density at radius 3 is 2.74 bits per heavy atom. The van der Waals surface area contributed by atoms with Crippen molar-refractivity contribution in [3.63, 3.8) is 0 Å². The molecule has 5 nitrogen and oxygen atoms in total. The Labute approximate surface area is 125 Å². The molecule has 1 fully saturated rings. The lowest BCUT2D eigenvalue weighted by Gasteiger charge is -2.22. The van der Waals surface area contributed by atoms with Crippen molar-refractivity contribution in [1.82, 2.24) is 15.5 Å². The van der Waals surface area contributed by atoms with Crippen molar-refractivity contribution in [3.05, 3.63) is 0 Å². The van der Waals surface area contributed by atoms with Crippen LogP contribution in [0.1, 0.15) is 19.3 Å². The molecule has 2 N–H and O–H groups in total. The van der Waals surface area contributed by atoms with Gasteiger partial charge < -0.3 is 15.5 Å². The molecule has 19 heavy (non-hydrogen) atoms. The normalized spacial score (nSPS) is 18.3. The van der Waals surface area contributed by atoms with E-state index >= 15 is 0 Å². The van der Waals surface area contributed by atoms with Crippen molar-refractivity contribution < 1.29 is 9.59 Å². The summed E-state index contributed by atoms with van der Waals surface area (Å²) in [6.07, 6.45) is 1.73. The zero-order chi connectivity index (χ0) is 13.4. The van der Waals surface area contributed by atoms with Gasteiger partial charge in [-0.05, 0) is 6.42 Å². The summed E-state index contributed by atoms with van der Waals surface area (Å²) in [5, 5.41) is 6.20. The van der Waals surface area contributed by atoms with E-state index in [4.69, 9.17) is 0 Å². The summed E-state index contributed by atoms with van der Waals surface area (Å²) in [7, 11) is 3.49. The van der Waals surface area contributed by atoms with E-state index in [9.17, 15) is 9.59 Å². The van der Waals surface area contributed by atoms with Gasteiger partial charge in [0.2, 0.25) is 11.8 Å².